The van der Waals surface area contributed by atoms with Crippen LogP contribution in [0, 0.1) is 0 Å². The van der Waals surface area contributed by atoms with E-state index < -0.39 is 5.97 Å². The van der Waals surface area contributed by atoms with Crippen LogP contribution in [0.3, 0.4) is 0 Å². The maximum Gasteiger partial charge on any atom is 0.371 e. The van der Waals surface area contributed by atoms with Gasteiger partial charge in [0.15, 0.2) is 5.88 Å². The van der Waals surface area contributed by atoms with Gasteiger partial charge in [0.2, 0.25) is 5.76 Å². The van der Waals surface area contributed by atoms with Crippen molar-refractivity contribution >= 4 is 23.2 Å². The number of thiazole rings is 1. The van der Waals surface area contributed by atoms with E-state index >= 15 is 0 Å². The summed E-state index contributed by atoms with van der Waals surface area (Å²) in [6.45, 7) is 2.62. The average molecular weight is 252 g/mol. The molecule has 0 aliphatic carbocycles. The van der Waals surface area contributed by atoms with Crippen LogP contribution in [-0.4, -0.2) is 16.1 Å². The number of aromatic carboxylic acids is 1. The van der Waals surface area contributed by atoms with E-state index in [1.807, 2.05) is 6.20 Å². The molecule has 2 aromatic rings. The second-order valence-electron chi connectivity index (χ2n) is 3.40. The van der Waals surface area contributed by atoms with E-state index in [-0.39, 0.29) is 5.76 Å². The number of nitrogens with one attached hydrogen (secondary N) is 1. The third-order valence-corrected chi connectivity index (χ3v) is 3.32. The van der Waals surface area contributed by atoms with Gasteiger partial charge in [-0.2, -0.15) is 0 Å². The third kappa shape index (κ3) is 2.85. The van der Waals surface area contributed by atoms with Crippen LogP contribution in [0.1, 0.15) is 27.4 Å². The second kappa shape index (κ2) is 5.01. The Morgan fingerprint density at radius 3 is 3.00 bits per heavy atom. The molecule has 0 aliphatic rings. The molecular weight excluding hydrogens is 240 g/mol. The fraction of sp³-hybridized carbons (Fsp3) is 0.273. The van der Waals surface area contributed by atoms with Gasteiger partial charge in [0.1, 0.15) is 5.01 Å². The SMILES string of the molecule is CCc1cnc(CNc2ccc(C(=O)O)o2)s1. The van der Waals surface area contributed by atoms with Crippen molar-refractivity contribution in [2.45, 2.75) is 19.9 Å². The molecular formula is C11H12N2O3S. The molecule has 2 aromatic heterocycles. The summed E-state index contributed by atoms with van der Waals surface area (Å²) < 4.78 is 5.07. The number of aromatic nitrogens is 1. The predicted molar refractivity (Wildman–Crippen MR) is 64.5 cm³/mol. The third-order valence-electron chi connectivity index (χ3n) is 2.18. The van der Waals surface area contributed by atoms with Crippen LogP contribution in [0.4, 0.5) is 5.88 Å². The Balaban J connectivity index is 1.94. The van der Waals surface area contributed by atoms with E-state index in [1.165, 1.54) is 10.9 Å². The van der Waals surface area contributed by atoms with Gasteiger partial charge in [-0.3, -0.25) is 0 Å². The summed E-state index contributed by atoms with van der Waals surface area (Å²) >= 11 is 1.63. The highest BCUT2D eigenvalue weighted by Crippen LogP contribution is 2.17. The largest absolute Gasteiger partial charge is 0.475 e. The second-order valence-corrected chi connectivity index (χ2v) is 4.60. The summed E-state index contributed by atoms with van der Waals surface area (Å²) in [4.78, 5) is 16.1. The van der Waals surface area contributed by atoms with E-state index in [0.29, 0.717) is 12.4 Å². The highest BCUT2D eigenvalue weighted by molar-refractivity contribution is 7.11. The lowest BCUT2D eigenvalue weighted by Gasteiger charge is -1.98. The van der Waals surface area contributed by atoms with E-state index in [9.17, 15) is 4.79 Å². The number of hydrogen-bond acceptors (Lipinski definition) is 5. The highest BCUT2D eigenvalue weighted by atomic mass is 32.1. The van der Waals surface area contributed by atoms with Gasteiger partial charge in [-0.25, -0.2) is 9.78 Å². The quantitative estimate of drug-likeness (QED) is 0.855. The number of carboxylic acid groups (broad SMARTS) is 1. The van der Waals surface area contributed by atoms with Crippen molar-refractivity contribution in [3.63, 3.8) is 0 Å². The maximum atomic E-state index is 10.6. The molecule has 17 heavy (non-hydrogen) atoms. The average Bonchev–Trinajstić information content (AvgIpc) is 2.95. The maximum absolute atomic E-state index is 10.6. The summed E-state index contributed by atoms with van der Waals surface area (Å²) in [6.07, 6.45) is 2.83. The van der Waals surface area contributed by atoms with Gasteiger partial charge in [-0.15, -0.1) is 11.3 Å². The first kappa shape index (κ1) is 11.7. The van der Waals surface area contributed by atoms with Crippen LogP contribution in [0.2, 0.25) is 0 Å². The van der Waals surface area contributed by atoms with Crippen molar-refractivity contribution in [3.8, 4) is 0 Å². The van der Waals surface area contributed by atoms with Crippen molar-refractivity contribution in [3.05, 3.63) is 34.0 Å². The number of anilines is 1. The van der Waals surface area contributed by atoms with Crippen LogP contribution < -0.4 is 5.32 Å². The van der Waals surface area contributed by atoms with Gasteiger partial charge in [0, 0.05) is 17.1 Å². The van der Waals surface area contributed by atoms with Crippen LogP contribution in [-0.2, 0) is 13.0 Å². The molecule has 0 aromatic carbocycles. The fourth-order valence-electron chi connectivity index (χ4n) is 1.30. The van der Waals surface area contributed by atoms with E-state index in [1.54, 1.807) is 17.4 Å². The minimum absolute atomic E-state index is 0.0686. The lowest BCUT2D eigenvalue weighted by Crippen LogP contribution is -1.97. The summed E-state index contributed by atoms with van der Waals surface area (Å²) in [5, 5.41) is 12.6. The van der Waals surface area contributed by atoms with E-state index in [0.717, 1.165) is 11.4 Å². The van der Waals surface area contributed by atoms with E-state index in [2.05, 4.69) is 17.2 Å². The number of hydrogen-bond donors (Lipinski definition) is 2. The van der Waals surface area contributed by atoms with Crippen molar-refractivity contribution in [1.82, 2.24) is 4.98 Å². The number of carboxylic acids is 1. The summed E-state index contributed by atoms with van der Waals surface area (Å²) in [5.41, 5.74) is 0. The Hall–Kier alpha value is -1.82. The van der Waals surface area contributed by atoms with Crippen LogP contribution in [0.15, 0.2) is 22.7 Å². The standard InChI is InChI=1S/C11H12N2O3S/c1-2-7-5-13-10(17-7)6-12-9-4-3-8(16-9)11(14)15/h3-5,12H,2,6H2,1H3,(H,14,15). The van der Waals surface area contributed by atoms with Gasteiger partial charge in [-0.1, -0.05) is 6.92 Å². The Bertz CT molecular complexity index is 518. The number of aryl methyl sites for hydroxylation is 1. The number of rotatable bonds is 5. The topological polar surface area (TPSA) is 75.4 Å². The zero-order valence-corrected chi connectivity index (χ0v) is 10.1. The Kier molecular flexibility index (Phi) is 3.43. The fourth-order valence-corrected chi connectivity index (χ4v) is 2.11. The first-order chi connectivity index (χ1) is 8.19. The van der Waals surface area contributed by atoms with Crippen LogP contribution in [0.25, 0.3) is 0 Å². The molecule has 0 spiro atoms. The molecule has 0 atom stereocenters. The molecule has 0 saturated heterocycles. The first-order valence-corrected chi connectivity index (χ1v) is 6.01. The Morgan fingerprint density at radius 2 is 2.41 bits per heavy atom. The molecule has 2 heterocycles. The molecule has 0 fully saturated rings. The molecule has 0 unspecified atom stereocenters. The Labute approximate surface area is 102 Å². The monoisotopic (exact) mass is 252 g/mol. The van der Waals surface area contributed by atoms with Gasteiger partial charge in [0.25, 0.3) is 0 Å². The summed E-state index contributed by atoms with van der Waals surface area (Å²) in [5.74, 6) is -0.697. The summed E-state index contributed by atoms with van der Waals surface area (Å²) in [6, 6.07) is 3.02. The van der Waals surface area contributed by atoms with E-state index in [4.69, 9.17) is 9.52 Å². The normalized spacial score (nSPS) is 10.4. The van der Waals surface area contributed by atoms with Crippen molar-refractivity contribution in [2.24, 2.45) is 0 Å². The molecule has 2 rings (SSSR count). The van der Waals surface area contributed by atoms with Crippen molar-refractivity contribution in [1.29, 1.82) is 0 Å². The molecule has 0 aliphatic heterocycles. The van der Waals surface area contributed by atoms with Gasteiger partial charge in [0.05, 0.1) is 6.54 Å². The number of carbonyl (C=O) groups is 1. The zero-order valence-electron chi connectivity index (χ0n) is 9.27. The zero-order chi connectivity index (χ0) is 12.3. The van der Waals surface area contributed by atoms with Gasteiger partial charge < -0.3 is 14.8 Å². The van der Waals surface area contributed by atoms with Gasteiger partial charge >= 0.3 is 5.97 Å². The molecule has 0 amide bonds. The minimum Gasteiger partial charge on any atom is -0.475 e. The molecule has 90 valence electrons. The molecule has 0 saturated carbocycles. The molecule has 5 nitrogen and oxygen atoms in total. The smallest absolute Gasteiger partial charge is 0.371 e. The predicted octanol–water partition coefficient (Wildman–Crippen LogP) is 2.61. The molecule has 6 heteroatoms. The van der Waals surface area contributed by atoms with Crippen molar-refractivity contribution in [2.75, 3.05) is 5.32 Å². The van der Waals surface area contributed by atoms with Gasteiger partial charge in [-0.05, 0) is 12.5 Å². The molecule has 0 bridgehead atoms. The highest BCUT2D eigenvalue weighted by Gasteiger charge is 2.08. The number of nitrogens with zero attached hydrogens (tertiary/aromatic N) is 1. The first-order valence-electron chi connectivity index (χ1n) is 5.19. The minimum atomic E-state index is -1.07. The van der Waals surface area contributed by atoms with Crippen molar-refractivity contribution < 1.29 is 14.3 Å². The Morgan fingerprint density at radius 1 is 1.59 bits per heavy atom. The summed E-state index contributed by atoms with van der Waals surface area (Å²) in [7, 11) is 0. The molecule has 2 N–H and O–H groups in total. The molecule has 0 radical (unpaired) electrons. The number of furan rings is 1. The lowest BCUT2D eigenvalue weighted by molar-refractivity contribution is 0.0663. The lowest BCUT2D eigenvalue weighted by atomic mass is 10.4. The van der Waals surface area contributed by atoms with Crippen LogP contribution in [0.5, 0.6) is 0 Å². The van der Waals surface area contributed by atoms with Crippen LogP contribution >= 0.6 is 11.3 Å².